The molecule has 1 aromatic carbocycles. The van der Waals surface area contributed by atoms with Gasteiger partial charge in [0.2, 0.25) is 0 Å². The van der Waals surface area contributed by atoms with E-state index in [2.05, 4.69) is 0 Å². The van der Waals surface area contributed by atoms with Crippen molar-refractivity contribution in [1.29, 1.82) is 0 Å². The van der Waals surface area contributed by atoms with Gasteiger partial charge in [0.15, 0.2) is 0 Å². The maximum absolute atomic E-state index is 5.97. The van der Waals surface area contributed by atoms with Crippen LogP contribution in [0.25, 0.3) is 0 Å². The number of hydrogen-bond acceptors (Lipinski definition) is 3. The number of methoxy groups -OCH3 is 2. The van der Waals surface area contributed by atoms with Gasteiger partial charge in [-0.15, -0.1) is 0 Å². The Hall–Kier alpha value is -0.930. The van der Waals surface area contributed by atoms with Crippen LogP contribution in [0.2, 0.25) is 5.02 Å². The average molecular weight is 216 g/mol. The van der Waals surface area contributed by atoms with Crippen molar-refractivity contribution in [1.82, 2.24) is 0 Å². The summed E-state index contributed by atoms with van der Waals surface area (Å²) < 4.78 is 10.3. The molecule has 78 valence electrons. The second-order valence-corrected chi connectivity index (χ2v) is 3.42. The van der Waals surface area contributed by atoms with Crippen molar-refractivity contribution >= 4 is 11.6 Å². The predicted octanol–water partition coefficient (Wildman–Crippen LogP) is 2.38. The van der Waals surface area contributed by atoms with Gasteiger partial charge in [0.1, 0.15) is 11.5 Å². The standard InChI is InChI=1S/C10H14ClNO2/c1-6(12)7-4-8(11)10(14-3)5-9(7)13-2/h4-6H,12H2,1-3H3/t6-/m1/s1. The van der Waals surface area contributed by atoms with Crippen LogP contribution in [0, 0.1) is 0 Å². The molecular weight excluding hydrogens is 202 g/mol. The van der Waals surface area contributed by atoms with Gasteiger partial charge in [-0.2, -0.15) is 0 Å². The lowest BCUT2D eigenvalue weighted by Crippen LogP contribution is -2.07. The molecule has 0 aliphatic rings. The molecule has 0 saturated carbocycles. The quantitative estimate of drug-likeness (QED) is 0.842. The highest BCUT2D eigenvalue weighted by Gasteiger charge is 2.12. The highest BCUT2D eigenvalue weighted by Crippen LogP contribution is 2.34. The number of rotatable bonds is 3. The summed E-state index contributed by atoms with van der Waals surface area (Å²) in [5, 5.41) is 0.542. The van der Waals surface area contributed by atoms with Gasteiger partial charge >= 0.3 is 0 Å². The van der Waals surface area contributed by atoms with Gasteiger partial charge in [-0.3, -0.25) is 0 Å². The minimum atomic E-state index is -0.117. The Balaban J connectivity index is 3.24. The SMILES string of the molecule is COc1cc(OC)c([C@@H](C)N)cc1Cl. The lowest BCUT2D eigenvalue weighted by molar-refractivity contribution is 0.389. The second kappa shape index (κ2) is 4.53. The molecule has 2 N–H and O–H groups in total. The third-order valence-corrected chi connectivity index (χ3v) is 2.29. The van der Waals surface area contributed by atoms with Crippen LogP contribution >= 0.6 is 11.6 Å². The summed E-state index contributed by atoms with van der Waals surface area (Å²) >= 11 is 5.97. The Kier molecular flexibility index (Phi) is 3.61. The molecule has 1 rings (SSSR count). The zero-order valence-electron chi connectivity index (χ0n) is 8.50. The van der Waals surface area contributed by atoms with E-state index in [9.17, 15) is 0 Å². The van der Waals surface area contributed by atoms with Crippen LogP contribution in [0.15, 0.2) is 12.1 Å². The van der Waals surface area contributed by atoms with Gasteiger partial charge in [-0.25, -0.2) is 0 Å². The normalized spacial score (nSPS) is 12.4. The van der Waals surface area contributed by atoms with E-state index in [1.54, 1.807) is 26.4 Å². The molecule has 0 aliphatic heterocycles. The lowest BCUT2D eigenvalue weighted by Gasteiger charge is -2.14. The van der Waals surface area contributed by atoms with Gasteiger partial charge in [0, 0.05) is 17.7 Å². The van der Waals surface area contributed by atoms with Crippen LogP contribution in [0.1, 0.15) is 18.5 Å². The van der Waals surface area contributed by atoms with E-state index in [1.165, 1.54) is 0 Å². The first kappa shape index (κ1) is 11.1. The second-order valence-electron chi connectivity index (χ2n) is 3.02. The zero-order chi connectivity index (χ0) is 10.7. The van der Waals surface area contributed by atoms with Crippen molar-refractivity contribution in [3.8, 4) is 11.5 Å². The van der Waals surface area contributed by atoms with Gasteiger partial charge < -0.3 is 15.2 Å². The molecule has 0 saturated heterocycles. The fourth-order valence-corrected chi connectivity index (χ4v) is 1.49. The Morgan fingerprint density at radius 3 is 2.21 bits per heavy atom. The fraction of sp³-hybridized carbons (Fsp3) is 0.400. The van der Waals surface area contributed by atoms with Crippen molar-refractivity contribution in [2.45, 2.75) is 13.0 Å². The summed E-state index contributed by atoms with van der Waals surface area (Å²) in [6, 6.07) is 3.39. The number of halogens is 1. The lowest BCUT2D eigenvalue weighted by atomic mass is 10.1. The van der Waals surface area contributed by atoms with Crippen molar-refractivity contribution < 1.29 is 9.47 Å². The van der Waals surface area contributed by atoms with E-state index in [0.29, 0.717) is 16.5 Å². The summed E-state index contributed by atoms with van der Waals surface area (Å²) in [6.07, 6.45) is 0. The average Bonchev–Trinajstić information content (AvgIpc) is 2.17. The van der Waals surface area contributed by atoms with Gasteiger partial charge in [0.25, 0.3) is 0 Å². The molecule has 0 bridgehead atoms. The monoisotopic (exact) mass is 215 g/mol. The molecule has 0 amide bonds. The molecule has 14 heavy (non-hydrogen) atoms. The van der Waals surface area contributed by atoms with Crippen LogP contribution in [-0.4, -0.2) is 14.2 Å². The minimum Gasteiger partial charge on any atom is -0.496 e. The summed E-state index contributed by atoms with van der Waals surface area (Å²) in [5.74, 6) is 1.29. The van der Waals surface area contributed by atoms with E-state index in [0.717, 1.165) is 5.56 Å². The van der Waals surface area contributed by atoms with Crippen LogP contribution in [0.4, 0.5) is 0 Å². The molecule has 0 heterocycles. The van der Waals surface area contributed by atoms with Crippen molar-refractivity contribution in [3.05, 3.63) is 22.7 Å². The molecule has 1 atom stereocenters. The number of nitrogens with two attached hydrogens (primary N) is 1. The topological polar surface area (TPSA) is 44.5 Å². The first-order valence-corrected chi connectivity index (χ1v) is 4.65. The highest BCUT2D eigenvalue weighted by molar-refractivity contribution is 6.32. The Morgan fingerprint density at radius 2 is 1.79 bits per heavy atom. The highest BCUT2D eigenvalue weighted by atomic mass is 35.5. The Labute approximate surface area is 88.8 Å². The van der Waals surface area contributed by atoms with Crippen LogP contribution in [0.5, 0.6) is 11.5 Å². The largest absolute Gasteiger partial charge is 0.496 e. The van der Waals surface area contributed by atoms with Gasteiger partial charge in [-0.1, -0.05) is 11.6 Å². The molecule has 4 heteroatoms. The molecule has 3 nitrogen and oxygen atoms in total. The molecule has 0 aromatic heterocycles. The Morgan fingerprint density at radius 1 is 1.21 bits per heavy atom. The third kappa shape index (κ3) is 2.11. The van der Waals surface area contributed by atoms with E-state index in [4.69, 9.17) is 26.8 Å². The zero-order valence-corrected chi connectivity index (χ0v) is 9.26. The van der Waals surface area contributed by atoms with E-state index in [-0.39, 0.29) is 6.04 Å². The summed E-state index contributed by atoms with van der Waals surface area (Å²) in [7, 11) is 3.15. The molecule has 0 radical (unpaired) electrons. The molecule has 1 aromatic rings. The maximum Gasteiger partial charge on any atom is 0.141 e. The van der Waals surface area contributed by atoms with Crippen molar-refractivity contribution in [3.63, 3.8) is 0 Å². The molecule has 0 unspecified atom stereocenters. The van der Waals surface area contributed by atoms with E-state index < -0.39 is 0 Å². The third-order valence-electron chi connectivity index (χ3n) is 1.99. The van der Waals surface area contributed by atoms with Gasteiger partial charge in [-0.05, 0) is 13.0 Å². The maximum atomic E-state index is 5.97. The van der Waals surface area contributed by atoms with E-state index >= 15 is 0 Å². The number of hydrogen-bond donors (Lipinski definition) is 1. The molecule has 0 spiro atoms. The van der Waals surface area contributed by atoms with Crippen molar-refractivity contribution in [2.75, 3.05) is 14.2 Å². The molecule has 0 fully saturated rings. The first-order valence-electron chi connectivity index (χ1n) is 4.27. The van der Waals surface area contributed by atoms with Gasteiger partial charge in [0.05, 0.1) is 19.2 Å². The van der Waals surface area contributed by atoms with Crippen LogP contribution in [0.3, 0.4) is 0 Å². The summed E-state index contributed by atoms with van der Waals surface area (Å²) in [5.41, 5.74) is 6.64. The number of ether oxygens (including phenoxy) is 2. The Bertz CT molecular complexity index is 326. The summed E-state index contributed by atoms with van der Waals surface area (Å²) in [4.78, 5) is 0. The summed E-state index contributed by atoms with van der Waals surface area (Å²) in [6.45, 7) is 1.88. The van der Waals surface area contributed by atoms with Crippen LogP contribution in [-0.2, 0) is 0 Å². The first-order chi connectivity index (χ1) is 6.60. The molecular formula is C10H14ClNO2. The minimum absolute atomic E-state index is 0.117. The van der Waals surface area contributed by atoms with E-state index in [1.807, 2.05) is 6.92 Å². The van der Waals surface area contributed by atoms with Crippen LogP contribution < -0.4 is 15.2 Å². The number of benzene rings is 1. The smallest absolute Gasteiger partial charge is 0.141 e. The fourth-order valence-electron chi connectivity index (χ4n) is 1.24. The van der Waals surface area contributed by atoms with Crippen molar-refractivity contribution in [2.24, 2.45) is 5.73 Å². The molecule has 0 aliphatic carbocycles. The predicted molar refractivity (Wildman–Crippen MR) is 57.2 cm³/mol.